The molecule has 112 valence electrons. The van der Waals surface area contributed by atoms with Crippen molar-refractivity contribution in [3.63, 3.8) is 0 Å². The maximum Gasteiger partial charge on any atom is 0.0162 e. The molecule has 21 heavy (non-hydrogen) atoms. The molecule has 0 aromatic heterocycles. The van der Waals surface area contributed by atoms with Crippen LogP contribution in [-0.2, 0) is 11.8 Å². The Balaban J connectivity index is 2.10. The van der Waals surface area contributed by atoms with Crippen LogP contribution in [0.4, 0.5) is 0 Å². The van der Waals surface area contributed by atoms with Gasteiger partial charge in [0.2, 0.25) is 0 Å². The quantitative estimate of drug-likeness (QED) is 0.783. The summed E-state index contributed by atoms with van der Waals surface area (Å²) in [7, 11) is 0. The Morgan fingerprint density at radius 3 is 2.05 bits per heavy atom. The van der Waals surface area contributed by atoms with Crippen LogP contribution in [0, 0.1) is 0 Å². The van der Waals surface area contributed by atoms with Gasteiger partial charge in [0, 0.05) is 11.5 Å². The molecule has 0 fully saturated rings. The smallest absolute Gasteiger partial charge is 0.0162 e. The number of hydrogen-bond acceptors (Lipinski definition) is 1. The highest BCUT2D eigenvalue weighted by Crippen LogP contribution is 2.29. The molecule has 0 radical (unpaired) electrons. The molecule has 1 N–H and O–H groups in total. The Hall–Kier alpha value is -1.60. The molecule has 2 rings (SSSR count). The Morgan fingerprint density at radius 2 is 1.48 bits per heavy atom. The minimum atomic E-state index is 0.131. The van der Waals surface area contributed by atoms with Crippen LogP contribution in [0.25, 0.3) is 0 Å². The second-order valence-corrected chi connectivity index (χ2v) is 6.22. The summed E-state index contributed by atoms with van der Waals surface area (Å²) in [5.74, 6) is 0. The van der Waals surface area contributed by atoms with Gasteiger partial charge in [-0.3, -0.25) is 0 Å². The van der Waals surface area contributed by atoms with Crippen molar-refractivity contribution in [1.29, 1.82) is 0 Å². The molecule has 0 aliphatic carbocycles. The van der Waals surface area contributed by atoms with Gasteiger partial charge >= 0.3 is 0 Å². The Kier molecular flexibility index (Phi) is 5.58. The van der Waals surface area contributed by atoms with E-state index in [0.29, 0.717) is 6.04 Å². The van der Waals surface area contributed by atoms with Crippen molar-refractivity contribution < 1.29 is 0 Å². The highest BCUT2D eigenvalue weighted by Gasteiger charge is 2.30. The van der Waals surface area contributed by atoms with E-state index in [1.807, 2.05) is 0 Å². The molecular weight excluding hydrogens is 254 g/mol. The average molecular weight is 281 g/mol. The average Bonchev–Trinajstić information content (AvgIpc) is 2.53. The predicted molar refractivity (Wildman–Crippen MR) is 91.7 cm³/mol. The van der Waals surface area contributed by atoms with Crippen LogP contribution in [0.2, 0.25) is 0 Å². The monoisotopic (exact) mass is 281 g/mol. The van der Waals surface area contributed by atoms with Crippen molar-refractivity contribution in [2.24, 2.45) is 0 Å². The molecule has 0 heterocycles. The van der Waals surface area contributed by atoms with E-state index in [-0.39, 0.29) is 5.41 Å². The predicted octanol–water partition coefficient (Wildman–Crippen LogP) is 4.58. The van der Waals surface area contributed by atoms with E-state index in [9.17, 15) is 0 Å². The molecule has 0 aliphatic rings. The minimum Gasteiger partial charge on any atom is -0.313 e. The first-order valence-corrected chi connectivity index (χ1v) is 7.97. The van der Waals surface area contributed by atoms with Crippen LogP contribution in [0.1, 0.15) is 38.3 Å². The summed E-state index contributed by atoms with van der Waals surface area (Å²) in [6, 6.07) is 22.1. The van der Waals surface area contributed by atoms with Crippen molar-refractivity contribution in [2.45, 2.75) is 45.1 Å². The summed E-state index contributed by atoms with van der Waals surface area (Å²) in [6.45, 7) is 7.90. The fourth-order valence-electron chi connectivity index (χ4n) is 2.99. The third kappa shape index (κ3) is 4.18. The Bertz CT molecular complexity index is 516. The molecular formula is C20H27N. The molecule has 0 aliphatic heterocycles. The summed E-state index contributed by atoms with van der Waals surface area (Å²) < 4.78 is 0. The lowest BCUT2D eigenvalue weighted by Crippen LogP contribution is -2.45. The largest absolute Gasteiger partial charge is 0.313 e. The van der Waals surface area contributed by atoms with Gasteiger partial charge in [0.1, 0.15) is 0 Å². The summed E-state index contributed by atoms with van der Waals surface area (Å²) in [6.07, 6.45) is 2.27. The fourth-order valence-corrected chi connectivity index (χ4v) is 2.99. The third-order valence-electron chi connectivity index (χ3n) is 4.40. The van der Waals surface area contributed by atoms with Crippen LogP contribution in [0.3, 0.4) is 0 Å². The Labute approximate surface area is 129 Å². The lowest BCUT2D eigenvalue weighted by atomic mass is 9.75. The summed E-state index contributed by atoms with van der Waals surface area (Å²) >= 11 is 0. The van der Waals surface area contributed by atoms with E-state index in [1.165, 1.54) is 11.1 Å². The highest BCUT2D eigenvalue weighted by molar-refractivity contribution is 5.26. The van der Waals surface area contributed by atoms with Crippen LogP contribution < -0.4 is 5.32 Å². The number of aryl methyl sites for hydroxylation is 1. The second-order valence-electron chi connectivity index (χ2n) is 6.22. The van der Waals surface area contributed by atoms with Gasteiger partial charge < -0.3 is 5.32 Å². The number of likely N-dealkylation sites (N-methyl/N-ethyl adjacent to an activating group) is 1. The number of hydrogen-bond donors (Lipinski definition) is 1. The molecule has 2 aromatic rings. The lowest BCUT2D eigenvalue weighted by molar-refractivity contribution is 0.327. The van der Waals surface area contributed by atoms with Gasteiger partial charge in [-0.25, -0.2) is 0 Å². The minimum absolute atomic E-state index is 0.131. The zero-order valence-electron chi connectivity index (χ0n) is 13.5. The van der Waals surface area contributed by atoms with Gasteiger partial charge in [-0.15, -0.1) is 0 Å². The summed E-state index contributed by atoms with van der Waals surface area (Å²) in [4.78, 5) is 0. The fraction of sp³-hybridized carbons (Fsp3) is 0.400. The first kappa shape index (κ1) is 15.8. The molecule has 1 heteroatoms. The topological polar surface area (TPSA) is 12.0 Å². The lowest BCUT2D eigenvalue weighted by Gasteiger charge is -2.36. The molecule has 0 saturated heterocycles. The molecule has 1 nitrogen and oxygen atoms in total. The van der Waals surface area contributed by atoms with E-state index in [0.717, 1.165) is 19.4 Å². The third-order valence-corrected chi connectivity index (χ3v) is 4.40. The van der Waals surface area contributed by atoms with Crippen molar-refractivity contribution in [3.05, 3.63) is 71.8 Å². The first-order chi connectivity index (χ1) is 10.1. The molecule has 1 unspecified atom stereocenters. The summed E-state index contributed by atoms with van der Waals surface area (Å²) in [5.41, 5.74) is 2.96. The highest BCUT2D eigenvalue weighted by atomic mass is 14.9. The first-order valence-electron chi connectivity index (χ1n) is 7.97. The maximum absolute atomic E-state index is 3.69. The standard InChI is InChI=1S/C20H27N/c1-4-21-19(16-15-17-11-7-5-8-12-17)20(2,3)18-13-9-6-10-14-18/h5-14,19,21H,4,15-16H2,1-3H3. The van der Waals surface area contributed by atoms with Crippen LogP contribution in [0.5, 0.6) is 0 Å². The van der Waals surface area contributed by atoms with E-state index in [1.54, 1.807) is 0 Å². The van der Waals surface area contributed by atoms with Gasteiger partial charge in [0.15, 0.2) is 0 Å². The zero-order valence-corrected chi connectivity index (χ0v) is 13.5. The number of rotatable bonds is 7. The van der Waals surface area contributed by atoms with E-state index < -0.39 is 0 Å². The molecule has 2 aromatic carbocycles. The van der Waals surface area contributed by atoms with Crippen LogP contribution in [-0.4, -0.2) is 12.6 Å². The van der Waals surface area contributed by atoms with Gasteiger partial charge in [-0.05, 0) is 30.5 Å². The van der Waals surface area contributed by atoms with Crippen molar-refractivity contribution in [1.82, 2.24) is 5.32 Å². The van der Waals surface area contributed by atoms with Gasteiger partial charge in [0.25, 0.3) is 0 Å². The summed E-state index contributed by atoms with van der Waals surface area (Å²) in [5, 5.41) is 3.69. The maximum atomic E-state index is 3.69. The number of benzene rings is 2. The van der Waals surface area contributed by atoms with Crippen LogP contribution >= 0.6 is 0 Å². The van der Waals surface area contributed by atoms with Crippen molar-refractivity contribution in [3.8, 4) is 0 Å². The second kappa shape index (κ2) is 7.42. The Morgan fingerprint density at radius 1 is 0.905 bits per heavy atom. The van der Waals surface area contributed by atoms with Gasteiger partial charge in [-0.1, -0.05) is 81.4 Å². The normalized spacial score (nSPS) is 13.1. The van der Waals surface area contributed by atoms with E-state index in [2.05, 4.69) is 86.8 Å². The zero-order chi connectivity index (χ0) is 15.1. The molecule has 1 atom stereocenters. The van der Waals surface area contributed by atoms with E-state index in [4.69, 9.17) is 0 Å². The van der Waals surface area contributed by atoms with E-state index >= 15 is 0 Å². The van der Waals surface area contributed by atoms with Crippen molar-refractivity contribution in [2.75, 3.05) is 6.54 Å². The molecule has 0 spiro atoms. The molecule has 0 saturated carbocycles. The van der Waals surface area contributed by atoms with Gasteiger partial charge in [0.05, 0.1) is 0 Å². The number of nitrogens with one attached hydrogen (secondary N) is 1. The molecule has 0 bridgehead atoms. The van der Waals surface area contributed by atoms with Gasteiger partial charge in [-0.2, -0.15) is 0 Å². The van der Waals surface area contributed by atoms with Crippen LogP contribution in [0.15, 0.2) is 60.7 Å². The molecule has 0 amide bonds. The SMILES string of the molecule is CCNC(CCc1ccccc1)C(C)(C)c1ccccc1. The van der Waals surface area contributed by atoms with Crippen molar-refractivity contribution >= 4 is 0 Å².